The molecular formula is C52H48IrN4-2. The smallest absolute Gasteiger partial charge is 0.135 e. The van der Waals surface area contributed by atoms with E-state index < -0.39 is 6.85 Å². The fourth-order valence-electron chi connectivity index (χ4n) is 10.2. The Hall–Kier alpha value is -5.09. The van der Waals surface area contributed by atoms with Gasteiger partial charge in [-0.05, 0) is 69.8 Å². The molecule has 9 aromatic rings. The second-order valence-corrected chi connectivity index (χ2v) is 18.3. The number of hydrogen-bond acceptors (Lipinski definition) is 2. The molecule has 5 heteroatoms. The third-order valence-corrected chi connectivity index (χ3v) is 13.2. The number of para-hydroxylation sites is 2. The van der Waals surface area contributed by atoms with E-state index >= 15 is 0 Å². The van der Waals surface area contributed by atoms with Crippen LogP contribution in [0.4, 0.5) is 0 Å². The van der Waals surface area contributed by atoms with Gasteiger partial charge < -0.3 is 8.97 Å². The van der Waals surface area contributed by atoms with Crippen LogP contribution in [0.25, 0.3) is 66.2 Å². The summed E-state index contributed by atoms with van der Waals surface area (Å²) in [6.45, 7) is 16.2. The fourth-order valence-corrected chi connectivity index (χ4v) is 10.2. The molecule has 0 N–H and O–H groups in total. The third kappa shape index (κ3) is 5.21. The first-order valence-electron chi connectivity index (χ1n) is 21.2. The van der Waals surface area contributed by atoms with Crippen molar-refractivity contribution in [2.75, 3.05) is 0 Å². The van der Waals surface area contributed by atoms with Gasteiger partial charge in [-0.1, -0.05) is 126 Å². The van der Waals surface area contributed by atoms with Crippen LogP contribution in [0, 0.1) is 19.0 Å². The molecular weight excluding hydrogens is 873 g/mol. The van der Waals surface area contributed by atoms with Gasteiger partial charge in [0.15, 0.2) is 0 Å². The summed E-state index contributed by atoms with van der Waals surface area (Å²) in [5.41, 5.74) is 11.2. The van der Waals surface area contributed by atoms with Gasteiger partial charge in [-0.15, -0.1) is 35.0 Å². The first-order chi connectivity index (χ1) is 27.9. The van der Waals surface area contributed by atoms with E-state index in [4.69, 9.17) is 9.10 Å². The molecule has 0 bridgehead atoms. The van der Waals surface area contributed by atoms with Gasteiger partial charge in [-0.2, -0.15) is 24.3 Å². The molecule has 287 valence electrons. The van der Waals surface area contributed by atoms with Crippen molar-refractivity contribution < 1.29 is 24.2 Å². The third-order valence-electron chi connectivity index (χ3n) is 13.2. The fraction of sp³-hybridized carbons (Fsp3) is 0.269. The number of benzene rings is 5. The van der Waals surface area contributed by atoms with Gasteiger partial charge >= 0.3 is 0 Å². The Morgan fingerprint density at radius 3 is 2.28 bits per heavy atom. The molecule has 0 saturated carbocycles. The minimum absolute atomic E-state index is 0. The van der Waals surface area contributed by atoms with E-state index in [-0.39, 0.29) is 41.8 Å². The van der Waals surface area contributed by atoms with Crippen molar-refractivity contribution in [1.82, 2.24) is 18.9 Å². The van der Waals surface area contributed by atoms with Gasteiger partial charge in [-0.25, -0.2) is 4.98 Å². The zero-order valence-corrected chi connectivity index (χ0v) is 36.2. The first-order valence-corrected chi connectivity index (χ1v) is 19.7. The molecule has 11 rings (SSSR count). The van der Waals surface area contributed by atoms with Gasteiger partial charge in [0.1, 0.15) is 5.82 Å². The number of hydrogen-bond donors (Lipinski definition) is 0. The molecule has 5 aromatic carbocycles. The van der Waals surface area contributed by atoms with Crippen LogP contribution in [0.1, 0.15) is 93.9 Å². The Balaban J connectivity index is 0.000000167. The van der Waals surface area contributed by atoms with Crippen LogP contribution in [0.3, 0.4) is 0 Å². The molecule has 1 radical (unpaired) electrons. The van der Waals surface area contributed by atoms with Crippen molar-refractivity contribution in [3.63, 3.8) is 0 Å². The van der Waals surface area contributed by atoms with Crippen molar-refractivity contribution in [3.05, 3.63) is 155 Å². The molecule has 5 heterocycles. The first kappa shape index (κ1) is 34.0. The van der Waals surface area contributed by atoms with Crippen LogP contribution >= 0.6 is 0 Å². The number of pyridine rings is 2. The quantitative estimate of drug-likeness (QED) is 0.121. The molecule has 4 nitrogen and oxygen atoms in total. The van der Waals surface area contributed by atoms with Crippen molar-refractivity contribution in [2.45, 2.75) is 90.3 Å². The summed E-state index contributed by atoms with van der Waals surface area (Å²) in [6, 6.07) is 44.2. The summed E-state index contributed by atoms with van der Waals surface area (Å²) in [4.78, 5) is 10.0. The van der Waals surface area contributed by atoms with Crippen LogP contribution in [0.5, 0.6) is 0 Å². The predicted octanol–water partition coefficient (Wildman–Crippen LogP) is 12.9. The second kappa shape index (κ2) is 12.7. The number of rotatable bonds is 1. The molecule has 1 unspecified atom stereocenters. The molecule has 1 atom stereocenters. The summed E-state index contributed by atoms with van der Waals surface area (Å²) < 4.78 is 29.7. The Morgan fingerprint density at radius 2 is 1.49 bits per heavy atom. The summed E-state index contributed by atoms with van der Waals surface area (Å²) >= 11 is 0. The zero-order valence-electron chi connectivity index (χ0n) is 36.8. The van der Waals surface area contributed by atoms with Crippen LogP contribution in [-0.4, -0.2) is 18.9 Å². The molecule has 0 amide bonds. The predicted molar refractivity (Wildman–Crippen MR) is 233 cm³/mol. The van der Waals surface area contributed by atoms with Crippen LogP contribution < -0.4 is 0 Å². The zero-order chi connectivity index (χ0) is 41.4. The second-order valence-electron chi connectivity index (χ2n) is 18.3. The van der Waals surface area contributed by atoms with E-state index in [1.807, 2.05) is 42.6 Å². The topological polar surface area (TPSA) is 35.1 Å². The summed E-state index contributed by atoms with van der Waals surface area (Å²) in [7, 11) is 0. The maximum atomic E-state index is 8.39. The Bertz CT molecular complexity index is 3140. The van der Waals surface area contributed by atoms with Crippen molar-refractivity contribution >= 4 is 49.1 Å². The number of imidazole rings is 1. The monoisotopic (exact) mass is 924 g/mol. The van der Waals surface area contributed by atoms with Gasteiger partial charge in [0, 0.05) is 63.5 Å². The van der Waals surface area contributed by atoms with E-state index in [9.17, 15) is 0 Å². The van der Waals surface area contributed by atoms with Crippen molar-refractivity contribution in [1.29, 1.82) is 0 Å². The SMILES string of the molecule is CC(C)(C)c1ccnc(-n2c3[c-]cccc3c3ccccc32)c1.[2H]C([2H])([2H])c1ccc2c3c1c1ccc[c-]c1c1nc4c(n13)C(C)(CC(C)(C)c1ccccc1-4)C2(C)C.[Ir]. The maximum Gasteiger partial charge on any atom is 0.135 e. The van der Waals surface area contributed by atoms with E-state index in [1.54, 1.807) is 0 Å². The van der Waals surface area contributed by atoms with E-state index in [1.165, 1.54) is 44.2 Å². The number of aryl methyl sites for hydroxylation is 1. The summed E-state index contributed by atoms with van der Waals surface area (Å²) in [6.07, 6.45) is 2.85. The molecule has 0 spiro atoms. The summed E-state index contributed by atoms with van der Waals surface area (Å²) in [5, 5.41) is 5.04. The minimum atomic E-state index is -2.23. The average Bonchev–Trinajstić information content (AvgIpc) is 3.75. The maximum absolute atomic E-state index is 8.39. The largest absolute Gasteiger partial charge is 0.336 e. The van der Waals surface area contributed by atoms with Gasteiger partial charge in [-0.3, -0.25) is 4.98 Å². The van der Waals surface area contributed by atoms with E-state index in [0.717, 1.165) is 50.8 Å². The number of nitrogens with zero attached hydrogens (tertiary/aromatic N) is 4. The van der Waals surface area contributed by atoms with Gasteiger partial charge in [0.2, 0.25) is 0 Å². The number of aromatic nitrogens is 4. The minimum Gasteiger partial charge on any atom is -0.336 e. The molecule has 1 aliphatic heterocycles. The normalized spacial score (nSPS) is 18.7. The van der Waals surface area contributed by atoms with E-state index in [2.05, 4.69) is 154 Å². The Labute approximate surface area is 353 Å². The molecule has 0 fully saturated rings. The van der Waals surface area contributed by atoms with Crippen LogP contribution in [-0.2, 0) is 41.8 Å². The van der Waals surface area contributed by atoms with Crippen molar-refractivity contribution in [3.8, 4) is 17.1 Å². The molecule has 57 heavy (non-hydrogen) atoms. The average molecular weight is 924 g/mol. The van der Waals surface area contributed by atoms with Gasteiger partial charge in [0.25, 0.3) is 0 Å². The Kier molecular flexibility index (Phi) is 7.58. The van der Waals surface area contributed by atoms with Crippen LogP contribution in [0.15, 0.2) is 115 Å². The Morgan fingerprint density at radius 1 is 0.772 bits per heavy atom. The molecule has 0 saturated heterocycles. The van der Waals surface area contributed by atoms with Crippen molar-refractivity contribution in [2.24, 2.45) is 0 Å². The molecule has 4 aromatic heterocycles. The van der Waals surface area contributed by atoms with Gasteiger partial charge in [0.05, 0.1) is 11.3 Å². The standard InChI is InChI=1S/C31H29N2.C21H19N2.Ir/c1-18-15-16-23-26-24(18)19-11-7-8-12-20(19)28-32-25-21-13-9-10-14-22(21)29(2,3)17-31(6,30(23,4)5)27(25)33(26)28;1-21(2,3)15-12-13-22-20(14-15)23-18-10-6-4-8-16(18)17-9-5-7-11-19(17)23;/h7-11,13-16H,17H2,1-6H3;4-10,12-14H,1-3H3;/q2*-1;/i1D3;;. The number of fused-ring (bicyclic) bond motifs is 8. The molecule has 1 aliphatic carbocycles. The molecule has 2 aliphatic rings. The summed E-state index contributed by atoms with van der Waals surface area (Å²) in [5.74, 6) is 0.950. The van der Waals surface area contributed by atoms with E-state index in [0.29, 0.717) is 5.56 Å². The van der Waals surface area contributed by atoms with Crippen LogP contribution in [0.2, 0.25) is 0 Å².